The molecule has 1 heterocycles. The van der Waals surface area contributed by atoms with Gasteiger partial charge in [-0.25, -0.2) is 4.79 Å². The second-order valence-electron chi connectivity index (χ2n) is 8.81. The Kier molecular flexibility index (Phi) is 7.17. The molecular weight excluding hydrogens is 436 g/mol. The summed E-state index contributed by atoms with van der Waals surface area (Å²) in [4.78, 5) is 38.7. The summed E-state index contributed by atoms with van der Waals surface area (Å²) in [5.74, 6) is -2.21. The summed E-state index contributed by atoms with van der Waals surface area (Å²) < 4.78 is 10.9. The number of nitrogens with one attached hydrogen (secondary N) is 1. The summed E-state index contributed by atoms with van der Waals surface area (Å²) in [6.45, 7) is 2.29. The second-order valence-corrected chi connectivity index (χ2v) is 8.81. The first kappa shape index (κ1) is 23.8. The molecule has 8 heteroatoms. The molecule has 0 radical (unpaired) electrons. The van der Waals surface area contributed by atoms with Gasteiger partial charge in [-0.05, 0) is 28.7 Å². The minimum Gasteiger partial charge on any atom is -0.481 e. The molecule has 2 amide bonds. The minimum atomic E-state index is -1.00. The van der Waals surface area contributed by atoms with E-state index in [1.807, 2.05) is 43.3 Å². The first-order valence-corrected chi connectivity index (χ1v) is 11.6. The molecule has 2 aliphatic rings. The fraction of sp³-hybridized carbons (Fsp3) is 0.423. The molecule has 2 aromatic rings. The molecule has 0 spiro atoms. The summed E-state index contributed by atoms with van der Waals surface area (Å²) in [6, 6.07) is 14.8. The normalized spacial score (nSPS) is 19.7. The molecule has 1 aliphatic carbocycles. The van der Waals surface area contributed by atoms with Gasteiger partial charge in [0.1, 0.15) is 18.6 Å². The number of carbonyl (C=O) groups excluding carboxylic acids is 2. The van der Waals surface area contributed by atoms with Gasteiger partial charge in [0, 0.05) is 13.0 Å². The van der Waals surface area contributed by atoms with Gasteiger partial charge in [-0.3, -0.25) is 9.59 Å². The molecule has 8 nitrogen and oxygen atoms in total. The van der Waals surface area contributed by atoms with E-state index in [9.17, 15) is 19.5 Å². The third-order valence-corrected chi connectivity index (χ3v) is 6.72. The molecule has 3 atom stereocenters. The van der Waals surface area contributed by atoms with E-state index in [0.29, 0.717) is 12.8 Å². The van der Waals surface area contributed by atoms with Crippen LogP contribution in [0, 0.1) is 5.92 Å². The van der Waals surface area contributed by atoms with Crippen molar-refractivity contribution in [3.05, 3.63) is 59.7 Å². The smallest absolute Gasteiger partial charge is 0.407 e. The molecular formula is C26H30N2O6. The number of hydrogen-bond donors (Lipinski definition) is 2. The van der Waals surface area contributed by atoms with E-state index in [2.05, 4.69) is 17.4 Å². The van der Waals surface area contributed by atoms with Gasteiger partial charge < -0.3 is 24.8 Å². The lowest BCUT2D eigenvalue weighted by molar-refractivity contribution is -0.145. The zero-order valence-electron chi connectivity index (χ0n) is 19.4. The highest BCUT2D eigenvalue weighted by Crippen LogP contribution is 2.44. The molecule has 3 unspecified atom stereocenters. The number of fused-ring (bicyclic) bond motifs is 3. The summed E-state index contributed by atoms with van der Waals surface area (Å²) in [6.07, 6.45) is 0.412. The molecule has 1 aliphatic heterocycles. The monoisotopic (exact) mass is 466 g/mol. The third kappa shape index (κ3) is 4.63. The van der Waals surface area contributed by atoms with Crippen molar-refractivity contribution >= 4 is 18.0 Å². The van der Waals surface area contributed by atoms with Crippen LogP contribution < -0.4 is 5.32 Å². The van der Waals surface area contributed by atoms with Crippen molar-refractivity contribution in [2.45, 2.75) is 37.8 Å². The van der Waals surface area contributed by atoms with E-state index in [1.54, 1.807) is 7.05 Å². The summed E-state index contributed by atoms with van der Waals surface area (Å²) in [5.41, 5.74) is 4.50. The molecule has 2 aromatic carbocycles. The van der Waals surface area contributed by atoms with Gasteiger partial charge in [0.2, 0.25) is 5.91 Å². The van der Waals surface area contributed by atoms with Gasteiger partial charge in [0.25, 0.3) is 0 Å². The average Bonchev–Trinajstić information content (AvgIpc) is 3.45. The Morgan fingerprint density at radius 2 is 1.71 bits per heavy atom. The SMILES string of the molecule is CCCC(NC(=O)OCC1c2ccccc2-c2ccccc21)C(=O)N(C)C1COCC1C(=O)O. The van der Waals surface area contributed by atoms with Gasteiger partial charge in [-0.15, -0.1) is 0 Å². The van der Waals surface area contributed by atoms with Gasteiger partial charge >= 0.3 is 12.1 Å². The summed E-state index contributed by atoms with van der Waals surface area (Å²) in [5, 5.41) is 12.1. The van der Waals surface area contributed by atoms with Gasteiger partial charge in [0.15, 0.2) is 0 Å². The van der Waals surface area contributed by atoms with Crippen molar-refractivity contribution in [2.75, 3.05) is 26.9 Å². The number of amides is 2. The number of likely N-dealkylation sites (N-methyl/N-ethyl adjacent to an activating group) is 1. The molecule has 0 saturated carbocycles. The predicted molar refractivity (Wildman–Crippen MR) is 125 cm³/mol. The lowest BCUT2D eigenvalue weighted by Crippen LogP contribution is -2.53. The van der Waals surface area contributed by atoms with Crippen LogP contribution in [0.1, 0.15) is 36.8 Å². The van der Waals surface area contributed by atoms with Crippen LogP contribution in [0.15, 0.2) is 48.5 Å². The lowest BCUT2D eigenvalue weighted by atomic mass is 9.98. The second kappa shape index (κ2) is 10.3. The van der Waals surface area contributed by atoms with E-state index in [0.717, 1.165) is 22.3 Å². The zero-order valence-corrected chi connectivity index (χ0v) is 19.4. The topological polar surface area (TPSA) is 105 Å². The molecule has 1 fully saturated rings. The number of alkyl carbamates (subject to hydrolysis) is 1. The van der Waals surface area contributed by atoms with E-state index in [-0.39, 0.29) is 31.6 Å². The quantitative estimate of drug-likeness (QED) is 0.619. The lowest BCUT2D eigenvalue weighted by Gasteiger charge is -2.30. The first-order chi connectivity index (χ1) is 16.4. The fourth-order valence-electron chi connectivity index (χ4n) is 4.90. The van der Waals surface area contributed by atoms with E-state index in [1.165, 1.54) is 4.90 Å². The molecule has 2 N–H and O–H groups in total. The Bertz CT molecular complexity index is 1030. The first-order valence-electron chi connectivity index (χ1n) is 11.6. The Morgan fingerprint density at radius 1 is 1.09 bits per heavy atom. The van der Waals surface area contributed by atoms with E-state index >= 15 is 0 Å². The summed E-state index contributed by atoms with van der Waals surface area (Å²) >= 11 is 0. The van der Waals surface area contributed by atoms with Gasteiger partial charge in [-0.1, -0.05) is 61.9 Å². The highest BCUT2D eigenvalue weighted by molar-refractivity contribution is 5.86. The molecule has 180 valence electrons. The van der Waals surface area contributed by atoms with E-state index in [4.69, 9.17) is 9.47 Å². The van der Waals surface area contributed by atoms with Crippen molar-refractivity contribution in [3.8, 4) is 11.1 Å². The minimum absolute atomic E-state index is 0.0653. The van der Waals surface area contributed by atoms with Crippen LogP contribution in [0.25, 0.3) is 11.1 Å². The number of nitrogens with zero attached hydrogens (tertiary/aromatic N) is 1. The maximum Gasteiger partial charge on any atom is 0.407 e. The largest absolute Gasteiger partial charge is 0.481 e. The number of carboxylic acids is 1. The number of carboxylic acid groups (broad SMARTS) is 1. The van der Waals surface area contributed by atoms with Crippen LogP contribution in [-0.4, -0.2) is 66.9 Å². The Labute approximate surface area is 198 Å². The van der Waals surface area contributed by atoms with Crippen LogP contribution in [0.3, 0.4) is 0 Å². The molecule has 0 aromatic heterocycles. The Hall–Kier alpha value is -3.39. The molecule has 34 heavy (non-hydrogen) atoms. The van der Waals surface area contributed by atoms with Crippen molar-refractivity contribution in [3.63, 3.8) is 0 Å². The van der Waals surface area contributed by atoms with Crippen LogP contribution in [0.5, 0.6) is 0 Å². The van der Waals surface area contributed by atoms with Crippen LogP contribution in [-0.2, 0) is 19.1 Å². The number of ether oxygens (including phenoxy) is 2. The third-order valence-electron chi connectivity index (χ3n) is 6.72. The van der Waals surface area contributed by atoms with Crippen LogP contribution >= 0.6 is 0 Å². The molecule has 0 bridgehead atoms. The fourth-order valence-corrected chi connectivity index (χ4v) is 4.90. The Morgan fingerprint density at radius 3 is 2.29 bits per heavy atom. The maximum absolute atomic E-state index is 13.1. The zero-order chi connectivity index (χ0) is 24.2. The highest BCUT2D eigenvalue weighted by atomic mass is 16.5. The number of benzene rings is 2. The number of hydrogen-bond acceptors (Lipinski definition) is 5. The average molecular weight is 467 g/mol. The van der Waals surface area contributed by atoms with Gasteiger partial charge in [-0.2, -0.15) is 0 Å². The van der Waals surface area contributed by atoms with Crippen molar-refractivity contribution < 1.29 is 29.0 Å². The van der Waals surface area contributed by atoms with Crippen molar-refractivity contribution in [2.24, 2.45) is 5.92 Å². The highest BCUT2D eigenvalue weighted by Gasteiger charge is 2.40. The maximum atomic E-state index is 13.1. The predicted octanol–water partition coefficient (Wildman–Crippen LogP) is 3.25. The molecule has 4 rings (SSSR count). The van der Waals surface area contributed by atoms with Crippen LogP contribution in [0.2, 0.25) is 0 Å². The number of carbonyl (C=O) groups is 3. The standard InChI is InChI=1S/C26H30N2O6/c1-3-8-22(24(29)28(2)23-15-33-13-21(23)25(30)31)27-26(32)34-14-20-18-11-6-4-9-16(18)17-10-5-7-12-19(17)20/h4-7,9-12,20-23H,3,8,13-15H2,1-2H3,(H,27,32)(H,30,31). The Balaban J connectivity index is 1.41. The van der Waals surface area contributed by atoms with Gasteiger partial charge in [0.05, 0.1) is 19.3 Å². The summed E-state index contributed by atoms with van der Waals surface area (Å²) in [7, 11) is 1.56. The van der Waals surface area contributed by atoms with E-state index < -0.39 is 30.1 Å². The van der Waals surface area contributed by atoms with Crippen LogP contribution in [0.4, 0.5) is 4.79 Å². The number of rotatable bonds is 8. The van der Waals surface area contributed by atoms with Crippen molar-refractivity contribution in [1.82, 2.24) is 10.2 Å². The molecule has 1 saturated heterocycles. The number of aliphatic carboxylic acids is 1. The van der Waals surface area contributed by atoms with Crippen molar-refractivity contribution in [1.29, 1.82) is 0 Å².